The number of hydrogen-bond donors (Lipinski definition) is 0. The molecule has 0 saturated carbocycles. The summed E-state index contributed by atoms with van der Waals surface area (Å²) in [5, 5.41) is 0. The quantitative estimate of drug-likeness (QED) is 0.255. The largest absolute Gasteiger partial charge is 0.412 e. The first-order valence-corrected chi connectivity index (χ1v) is 13.4. The van der Waals surface area contributed by atoms with Gasteiger partial charge in [0.05, 0.1) is 18.3 Å². The van der Waals surface area contributed by atoms with Crippen molar-refractivity contribution in [2.75, 3.05) is 0 Å². The molecule has 7 atom stereocenters. The molecule has 4 heteroatoms. The van der Waals surface area contributed by atoms with Gasteiger partial charge < -0.3 is 9.16 Å². The first-order chi connectivity index (χ1) is 11.1. The first-order valence-electron chi connectivity index (χ1n) is 10.1. The zero-order valence-corrected chi connectivity index (χ0v) is 20.3. The summed E-state index contributed by atoms with van der Waals surface area (Å²) in [6.45, 7) is 21.5. The van der Waals surface area contributed by atoms with Crippen LogP contribution < -0.4 is 0 Å². The van der Waals surface area contributed by atoms with Crippen LogP contribution in [-0.4, -0.2) is 30.6 Å². The van der Waals surface area contributed by atoms with Crippen LogP contribution in [-0.2, 0) is 9.16 Å². The highest BCUT2D eigenvalue weighted by molar-refractivity contribution is 14.1. The van der Waals surface area contributed by atoms with Crippen molar-refractivity contribution in [2.45, 2.75) is 108 Å². The minimum Gasteiger partial charge on any atom is -0.412 e. The summed E-state index contributed by atoms with van der Waals surface area (Å²) in [6, 6.07) is 0. The third-order valence-corrected chi connectivity index (χ3v) is 14.8. The molecule has 0 aromatic rings. The molecule has 2 fully saturated rings. The fourth-order valence-electron chi connectivity index (χ4n) is 5.88. The number of alkyl halides is 1. The summed E-state index contributed by atoms with van der Waals surface area (Å²) in [5.74, 6) is 1.69. The van der Waals surface area contributed by atoms with E-state index in [9.17, 15) is 0 Å². The molecule has 2 nitrogen and oxygen atoms in total. The second-order valence-corrected chi connectivity index (χ2v) is 16.0. The van der Waals surface area contributed by atoms with E-state index in [1.807, 2.05) is 0 Å². The Morgan fingerprint density at radius 1 is 0.917 bits per heavy atom. The normalized spacial score (nSPS) is 40.1. The Balaban J connectivity index is 2.34. The minimum atomic E-state index is -1.84. The Morgan fingerprint density at radius 3 is 1.79 bits per heavy atom. The van der Waals surface area contributed by atoms with E-state index < -0.39 is 8.32 Å². The van der Waals surface area contributed by atoms with Gasteiger partial charge in [0.15, 0.2) is 0 Å². The molecule has 2 aliphatic rings. The molecule has 142 valence electrons. The predicted octanol–water partition coefficient (Wildman–Crippen LogP) is 6.43. The van der Waals surface area contributed by atoms with E-state index in [1.165, 1.54) is 6.42 Å². The van der Waals surface area contributed by atoms with Crippen molar-refractivity contribution in [1.29, 1.82) is 0 Å². The lowest BCUT2D eigenvalue weighted by Crippen LogP contribution is -2.56. The summed E-state index contributed by atoms with van der Waals surface area (Å²) >= 11 is 2.65. The molecule has 0 aromatic carbocycles. The van der Waals surface area contributed by atoms with Gasteiger partial charge in [-0.2, -0.15) is 0 Å². The van der Waals surface area contributed by atoms with Crippen LogP contribution in [0, 0.1) is 17.8 Å². The minimum absolute atomic E-state index is 0.362. The zero-order valence-electron chi connectivity index (χ0n) is 17.2. The van der Waals surface area contributed by atoms with Crippen LogP contribution in [0.3, 0.4) is 0 Å². The molecule has 0 radical (unpaired) electrons. The summed E-state index contributed by atoms with van der Waals surface area (Å²) in [5.41, 5.74) is 1.94. The van der Waals surface area contributed by atoms with Crippen LogP contribution in [0.1, 0.15) is 68.7 Å². The van der Waals surface area contributed by atoms with Gasteiger partial charge in [-0.05, 0) is 29.0 Å². The maximum absolute atomic E-state index is 7.27. The molecular weight excluding hydrogens is 427 g/mol. The van der Waals surface area contributed by atoms with Crippen molar-refractivity contribution in [1.82, 2.24) is 0 Å². The smallest absolute Gasteiger partial charge is 0.200 e. The molecule has 0 aromatic heterocycles. The topological polar surface area (TPSA) is 18.5 Å². The molecule has 2 aliphatic heterocycles. The summed E-state index contributed by atoms with van der Waals surface area (Å²) in [7, 11) is -1.84. The lowest BCUT2D eigenvalue weighted by atomic mass is 9.85. The highest BCUT2D eigenvalue weighted by Crippen LogP contribution is 2.52. The van der Waals surface area contributed by atoms with Gasteiger partial charge in [0, 0.05) is 15.8 Å². The van der Waals surface area contributed by atoms with Crippen LogP contribution >= 0.6 is 22.6 Å². The maximum Gasteiger partial charge on any atom is 0.200 e. The lowest BCUT2D eigenvalue weighted by molar-refractivity contribution is -0.127. The average molecular weight is 467 g/mol. The van der Waals surface area contributed by atoms with Crippen molar-refractivity contribution < 1.29 is 9.16 Å². The molecule has 24 heavy (non-hydrogen) atoms. The van der Waals surface area contributed by atoms with Gasteiger partial charge in [0.25, 0.3) is 0 Å². The molecule has 2 saturated heterocycles. The van der Waals surface area contributed by atoms with E-state index in [1.54, 1.807) is 0 Å². The van der Waals surface area contributed by atoms with Crippen LogP contribution in [0.15, 0.2) is 0 Å². The van der Waals surface area contributed by atoms with E-state index >= 15 is 0 Å². The third-order valence-electron chi connectivity index (χ3n) is 7.05. The molecule has 2 heterocycles. The Hall–Kier alpha value is 0.867. The monoisotopic (exact) mass is 466 g/mol. The van der Waals surface area contributed by atoms with Gasteiger partial charge in [-0.25, -0.2) is 0 Å². The second-order valence-electron chi connectivity index (χ2n) is 9.20. The number of rotatable bonds is 6. The Bertz CT molecular complexity index is 404. The summed E-state index contributed by atoms with van der Waals surface area (Å²) < 4.78 is 14.4. The van der Waals surface area contributed by atoms with Crippen molar-refractivity contribution in [2.24, 2.45) is 17.8 Å². The highest BCUT2D eigenvalue weighted by Gasteiger charge is 2.57. The average Bonchev–Trinajstić information content (AvgIpc) is 2.79. The molecular formula is C20H39IO2Si. The Labute approximate surface area is 165 Å². The van der Waals surface area contributed by atoms with Crippen molar-refractivity contribution in [3.63, 3.8) is 0 Å². The van der Waals surface area contributed by atoms with Crippen LogP contribution in [0.2, 0.25) is 16.6 Å². The number of hydrogen-bond acceptors (Lipinski definition) is 2. The summed E-state index contributed by atoms with van der Waals surface area (Å²) in [4.78, 5) is 0. The second kappa shape index (κ2) is 7.85. The number of ether oxygens (including phenoxy) is 1. The van der Waals surface area contributed by atoms with E-state index in [4.69, 9.17) is 9.16 Å². The van der Waals surface area contributed by atoms with Gasteiger partial charge in [-0.15, -0.1) is 0 Å². The fraction of sp³-hybridized carbons (Fsp3) is 1.00. The third kappa shape index (κ3) is 3.27. The van der Waals surface area contributed by atoms with Gasteiger partial charge in [-0.3, -0.25) is 0 Å². The molecule has 2 rings (SSSR count). The fourth-order valence-corrected chi connectivity index (χ4v) is 13.3. The molecule has 2 bridgehead atoms. The molecule has 0 N–H and O–H groups in total. The van der Waals surface area contributed by atoms with Gasteiger partial charge in [0.2, 0.25) is 8.32 Å². The predicted molar refractivity (Wildman–Crippen MR) is 114 cm³/mol. The van der Waals surface area contributed by atoms with E-state index in [0.29, 0.717) is 56.6 Å². The van der Waals surface area contributed by atoms with Crippen LogP contribution in [0.25, 0.3) is 0 Å². The van der Waals surface area contributed by atoms with Gasteiger partial charge in [0.1, 0.15) is 0 Å². The molecule has 0 aliphatic carbocycles. The number of fused-ring (bicyclic) bond motifs is 2. The number of halogens is 1. The van der Waals surface area contributed by atoms with E-state index in [0.717, 1.165) is 0 Å². The SMILES string of the molecule is CC[C@H]1[C@@H](I)[C@H]2O[C@@H]1[C@@H](C)[C@@H](O[Si](C(C)C)(C(C)C)C(C)C)[C@H]2C. The van der Waals surface area contributed by atoms with E-state index in [2.05, 4.69) is 84.9 Å². The van der Waals surface area contributed by atoms with Crippen molar-refractivity contribution in [3.05, 3.63) is 0 Å². The van der Waals surface area contributed by atoms with Crippen LogP contribution in [0.4, 0.5) is 0 Å². The maximum atomic E-state index is 7.27. The first kappa shape index (κ1) is 21.2. The highest BCUT2D eigenvalue weighted by atomic mass is 127. The Morgan fingerprint density at radius 2 is 1.38 bits per heavy atom. The zero-order chi connectivity index (χ0) is 18.4. The van der Waals surface area contributed by atoms with Crippen molar-refractivity contribution in [3.8, 4) is 0 Å². The van der Waals surface area contributed by atoms with Crippen LogP contribution in [0.5, 0.6) is 0 Å². The standard InChI is InChI=1S/C20H39IO2Si/c1-10-16-17(21)20-15(9)18(14(8)19(16)22-20)23-24(11(2)3,12(4)5)13(6)7/h11-20H,10H2,1-9H3/t14-,15+,16-,17+,18+,19+,20-/m0/s1. The van der Waals surface area contributed by atoms with E-state index in [-0.39, 0.29) is 0 Å². The van der Waals surface area contributed by atoms with Crippen molar-refractivity contribution >= 4 is 30.9 Å². The molecule has 0 unspecified atom stereocenters. The lowest BCUT2D eigenvalue weighted by Gasteiger charge is -2.50. The molecule has 0 amide bonds. The van der Waals surface area contributed by atoms with Gasteiger partial charge in [-0.1, -0.05) is 84.9 Å². The van der Waals surface area contributed by atoms with Gasteiger partial charge >= 0.3 is 0 Å². The Kier molecular flexibility index (Phi) is 6.93. The summed E-state index contributed by atoms with van der Waals surface area (Å²) in [6.07, 6.45) is 2.35. The molecule has 0 spiro atoms.